The fraction of sp³-hybridized carbons (Fsp3) is 1.00. The Labute approximate surface area is 64.2 Å². The molecule has 1 fully saturated rings. The van der Waals surface area contributed by atoms with Crippen LogP contribution in [-0.4, -0.2) is 24.3 Å². The van der Waals surface area contributed by atoms with E-state index in [1.54, 1.807) is 0 Å². The Bertz CT molecular complexity index is 135. The first-order chi connectivity index (χ1) is 4.91. The number of rotatable bonds is 1. The molecule has 0 aromatic heterocycles. The average molecular weight is 167 g/mol. The molecule has 11 heavy (non-hydrogen) atoms. The summed E-state index contributed by atoms with van der Waals surface area (Å²) < 4.78 is 35.6. The van der Waals surface area contributed by atoms with E-state index in [-0.39, 0.29) is 19.0 Å². The summed E-state index contributed by atoms with van der Waals surface area (Å²) in [5.41, 5.74) is 0. The Morgan fingerprint density at radius 1 is 1.27 bits per heavy atom. The van der Waals surface area contributed by atoms with Gasteiger partial charge in [0.25, 0.3) is 0 Å². The minimum atomic E-state index is -4.11. The molecule has 0 atom stereocenters. The fourth-order valence-corrected chi connectivity index (χ4v) is 1.14. The van der Waals surface area contributed by atoms with E-state index in [0.29, 0.717) is 10.8 Å². The van der Waals surface area contributed by atoms with Gasteiger partial charge in [0.2, 0.25) is 0 Å². The van der Waals surface area contributed by atoms with Crippen LogP contribution in [0.2, 0.25) is 0 Å². The van der Waals surface area contributed by atoms with Gasteiger partial charge < -0.3 is 0 Å². The van der Waals surface area contributed by atoms with Crippen LogP contribution >= 0.6 is 0 Å². The molecule has 0 aliphatic carbocycles. The summed E-state index contributed by atoms with van der Waals surface area (Å²) in [6.07, 6.45) is -4.11. The highest BCUT2D eigenvalue weighted by Gasteiger charge is 2.45. The molecule has 0 amide bonds. The van der Waals surface area contributed by atoms with Crippen molar-refractivity contribution in [3.63, 3.8) is 0 Å². The van der Waals surface area contributed by atoms with Gasteiger partial charge in [0, 0.05) is 13.1 Å². The van der Waals surface area contributed by atoms with E-state index < -0.39 is 6.30 Å². The highest BCUT2D eigenvalue weighted by molar-refractivity contribution is 4.82. The minimum absolute atomic E-state index is 0.182. The van der Waals surface area contributed by atoms with Crippen LogP contribution in [0.1, 0.15) is 13.8 Å². The third-order valence-electron chi connectivity index (χ3n) is 2.21. The standard InChI is InChI=1S/C7H12F3N/c1-5(2)6-3-11(4-6)7(8,9)10/h5-6H,3-4H2,1-2H3. The smallest absolute Gasteiger partial charge is 0.214 e. The van der Waals surface area contributed by atoms with Crippen molar-refractivity contribution in [1.82, 2.24) is 4.90 Å². The van der Waals surface area contributed by atoms with Crippen molar-refractivity contribution in [2.24, 2.45) is 11.8 Å². The Morgan fingerprint density at radius 2 is 1.73 bits per heavy atom. The summed E-state index contributed by atoms with van der Waals surface area (Å²) in [7, 11) is 0. The zero-order chi connectivity index (χ0) is 8.65. The van der Waals surface area contributed by atoms with Gasteiger partial charge in [0.05, 0.1) is 0 Å². The number of nitrogens with zero attached hydrogens (tertiary/aromatic N) is 1. The number of hydrogen-bond acceptors (Lipinski definition) is 1. The van der Waals surface area contributed by atoms with Crippen molar-refractivity contribution in [2.45, 2.75) is 20.1 Å². The molecule has 0 aromatic rings. The second-order valence-corrected chi connectivity index (χ2v) is 3.38. The summed E-state index contributed by atoms with van der Waals surface area (Å²) in [5, 5.41) is 0. The van der Waals surface area contributed by atoms with Crippen molar-refractivity contribution < 1.29 is 13.2 Å². The molecule has 66 valence electrons. The van der Waals surface area contributed by atoms with Crippen molar-refractivity contribution in [2.75, 3.05) is 13.1 Å². The van der Waals surface area contributed by atoms with Gasteiger partial charge in [-0.15, -0.1) is 0 Å². The molecule has 0 unspecified atom stereocenters. The van der Waals surface area contributed by atoms with Gasteiger partial charge in [0.1, 0.15) is 0 Å². The van der Waals surface area contributed by atoms with E-state index in [0.717, 1.165) is 0 Å². The van der Waals surface area contributed by atoms with Gasteiger partial charge in [-0.2, -0.15) is 13.2 Å². The van der Waals surface area contributed by atoms with Crippen molar-refractivity contribution >= 4 is 0 Å². The van der Waals surface area contributed by atoms with Gasteiger partial charge >= 0.3 is 6.30 Å². The Morgan fingerprint density at radius 3 is 2.00 bits per heavy atom. The molecule has 1 aliphatic rings. The van der Waals surface area contributed by atoms with Crippen molar-refractivity contribution in [1.29, 1.82) is 0 Å². The largest absolute Gasteiger partial charge is 0.459 e. The van der Waals surface area contributed by atoms with Gasteiger partial charge in [-0.1, -0.05) is 13.8 Å². The maximum absolute atomic E-state index is 11.9. The van der Waals surface area contributed by atoms with Crippen LogP contribution in [0.3, 0.4) is 0 Å². The van der Waals surface area contributed by atoms with E-state index in [9.17, 15) is 13.2 Å². The molecule has 4 heteroatoms. The lowest BCUT2D eigenvalue weighted by atomic mass is 9.89. The van der Waals surface area contributed by atoms with Gasteiger partial charge in [-0.05, 0) is 11.8 Å². The number of likely N-dealkylation sites (tertiary alicyclic amines) is 1. The van der Waals surface area contributed by atoms with Crippen LogP contribution in [0, 0.1) is 11.8 Å². The first kappa shape index (κ1) is 8.84. The lowest BCUT2D eigenvalue weighted by molar-refractivity contribution is -0.278. The maximum atomic E-state index is 11.9. The highest BCUT2D eigenvalue weighted by Crippen LogP contribution is 2.32. The maximum Gasteiger partial charge on any atom is 0.459 e. The topological polar surface area (TPSA) is 3.24 Å². The zero-order valence-electron chi connectivity index (χ0n) is 6.65. The quantitative estimate of drug-likeness (QED) is 0.540. The first-order valence-electron chi connectivity index (χ1n) is 3.73. The summed E-state index contributed by atoms with van der Waals surface area (Å²) in [5.74, 6) is 0.602. The average Bonchev–Trinajstić information content (AvgIpc) is 1.51. The molecule has 1 heterocycles. The van der Waals surface area contributed by atoms with E-state index in [1.807, 2.05) is 13.8 Å². The molecule has 1 rings (SSSR count). The SMILES string of the molecule is CC(C)C1CN(C(F)(F)F)C1. The van der Waals surface area contributed by atoms with Gasteiger partial charge in [-0.3, -0.25) is 0 Å². The third kappa shape index (κ3) is 1.86. The Kier molecular flexibility index (Phi) is 2.14. The van der Waals surface area contributed by atoms with Crippen LogP contribution in [0.25, 0.3) is 0 Å². The van der Waals surface area contributed by atoms with Crippen LogP contribution in [0.5, 0.6) is 0 Å². The van der Waals surface area contributed by atoms with Gasteiger partial charge in [0.15, 0.2) is 0 Å². The second kappa shape index (κ2) is 2.66. The van der Waals surface area contributed by atoms with Crippen LogP contribution in [-0.2, 0) is 0 Å². The Hall–Kier alpha value is -0.250. The molecule has 1 saturated heterocycles. The van der Waals surface area contributed by atoms with Crippen LogP contribution in [0.15, 0.2) is 0 Å². The minimum Gasteiger partial charge on any atom is -0.214 e. The third-order valence-corrected chi connectivity index (χ3v) is 2.21. The summed E-state index contributed by atoms with van der Waals surface area (Å²) in [6, 6.07) is 0. The van der Waals surface area contributed by atoms with Crippen LogP contribution < -0.4 is 0 Å². The Balaban J connectivity index is 2.30. The molecule has 0 bridgehead atoms. The van der Waals surface area contributed by atoms with E-state index >= 15 is 0 Å². The molecule has 0 saturated carbocycles. The first-order valence-corrected chi connectivity index (χ1v) is 3.73. The normalized spacial score (nSPS) is 22.4. The summed E-state index contributed by atoms with van der Waals surface area (Å²) >= 11 is 0. The van der Waals surface area contributed by atoms with Gasteiger partial charge in [-0.25, -0.2) is 4.90 Å². The molecule has 1 nitrogen and oxygen atoms in total. The molecule has 1 aliphatic heterocycles. The summed E-state index contributed by atoms with van der Waals surface area (Å²) in [4.78, 5) is 0.553. The lowest BCUT2D eigenvalue weighted by Gasteiger charge is -2.42. The van der Waals surface area contributed by atoms with E-state index in [2.05, 4.69) is 0 Å². The number of hydrogen-bond donors (Lipinski definition) is 0. The van der Waals surface area contributed by atoms with E-state index in [1.165, 1.54) is 0 Å². The van der Waals surface area contributed by atoms with Crippen molar-refractivity contribution in [3.05, 3.63) is 0 Å². The van der Waals surface area contributed by atoms with E-state index in [4.69, 9.17) is 0 Å². The number of halogens is 3. The highest BCUT2D eigenvalue weighted by atomic mass is 19.4. The predicted octanol–water partition coefficient (Wildman–Crippen LogP) is 2.09. The number of alkyl halides is 3. The molecule has 0 spiro atoms. The molecule has 0 N–H and O–H groups in total. The van der Waals surface area contributed by atoms with Crippen LogP contribution in [0.4, 0.5) is 13.2 Å². The fourth-order valence-electron chi connectivity index (χ4n) is 1.14. The zero-order valence-corrected chi connectivity index (χ0v) is 6.65. The van der Waals surface area contributed by atoms with Crippen molar-refractivity contribution in [3.8, 4) is 0 Å². The predicted molar refractivity (Wildman–Crippen MR) is 36.0 cm³/mol. The lowest BCUT2D eigenvalue weighted by Crippen LogP contribution is -2.55. The second-order valence-electron chi connectivity index (χ2n) is 3.38. The molecular weight excluding hydrogens is 155 g/mol. The molecular formula is C7H12F3N. The monoisotopic (exact) mass is 167 g/mol. The molecule has 0 radical (unpaired) electrons. The summed E-state index contributed by atoms with van der Waals surface area (Å²) in [6.45, 7) is 4.28. The molecule has 0 aromatic carbocycles.